The SMILES string of the molecule is O=C(O)/C=C(\C(=O)O)C(=Cc1ccccc1)S(=O)(=O)O.[KH]. The molecule has 0 saturated heterocycles. The number of hydrogen-bond acceptors (Lipinski definition) is 4. The maximum absolute atomic E-state index is 11.3. The number of aliphatic carboxylic acids is 2. The Morgan fingerprint density at radius 3 is 1.95 bits per heavy atom. The van der Waals surface area contributed by atoms with Crippen molar-refractivity contribution in [2.24, 2.45) is 0 Å². The van der Waals surface area contributed by atoms with Crippen molar-refractivity contribution < 1.29 is 32.8 Å². The van der Waals surface area contributed by atoms with Crippen LogP contribution in [0.4, 0.5) is 0 Å². The van der Waals surface area contributed by atoms with Crippen LogP contribution in [0.5, 0.6) is 0 Å². The van der Waals surface area contributed by atoms with Gasteiger partial charge in [-0.25, -0.2) is 9.59 Å². The van der Waals surface area contributed by atoms with Crippen LogP contribution in [0.25, 0.3) is 6.08 Å². The van der Waals surface area contributed by atoms with Crippen LogP contribution < -0.4 is 0 Å². The summed E-state index contributed by atoms with van der Waals surface area (Å²) in [4.78, 5) is 20.5. The van der Waals surface area contributed by atoms with Gasteiger partial charge in [0.15, 0.2) is 0 Å². The van der Waals surface area contributed by atoms with Crippen molar-refractivity contribution in [1.29, 1.82) is 0 Å². The van der Waals surface area contributed by atoms with Gasteiger partial charge >= 0.3 is 63.3 Å². The summed E-state index contributed by atoms with van der Waals surface area (Å²) >= 11 is 0. The Balaban J connectivity index is 0.00000400. The summed E-state index contributed by atoms with van der Waals surface area (Å²) in [6, 6.07) is 7.70. The molecule has 0 atom stereocenters. The van der Waals surface area contributed by atoms with E-state index >= 15 is 0 Å². The van der Waals surface area contributed by atoms with E-state index in [1.165, 1.54) is 12.1 Å². The Morgan fingerprint density at radius 2 is 1.57 bits per heavy atom. The van der Waals surface area contributed by atoms with Crippen molar-refractivity contribution in [2.45, 2.75) is 0 Å². The van der Waals surface area contributed by atoms with Gasteiger partial charge in [0, 0.05) is 6.08 Å². The van der Waals surface area contributed by atoms with Crippen molar-refractivity contribution in [3.8, 4) is 0 Å². The van der Waals surface area contributed by atoms with E-state index in [1.807, 2.05) is 0 Å². The molecule has 0 saturated carbocycles. The number of carbonyl (C=O) groups is 2. The summed E-state index contributed by atoms with van der Waals surface area (Å²) in [5, 5.41) is 17.5. The second-order valence-electron chi connectivity index (χ2n) is 3.60. The molecular formula is C12H11KO7S. The minimum atomic E-state index is -4.90. The van der Waals surface area contributed by atoms with Crippen LogP contribution in [0.15, 0.2) is 46.9 Å². The Kier molecular flexibility index (Phi) is 8.25. The third-order valence-electron chi connectivity index (χ3n) is 2.14. The fourth-order valence-electron chi connectivity index (χ4n) is 1.35. The molecule has 1 rings (SSSR count). The summed E-state index contributed by atoms with van der Waals surface area (Å²) in [5.74, 6) is -3.43. The molecule has 1 aromatic rings. The van der Waals surface area contributed by atoms with E-state index in [1.54, 1.807) is 18.2 Å². The summed E-state index contributed by atoms with van der Waals surface area (Å²) in [5.41, 5.74) is -0.749. The second kappa shape index (κ2) is 8.59. The van der Waals surface area contributed by atoms with Gasteiger partial charge < -0.3 is 10.2 Å². The molecule has 0 aliphatic heterocycles. The quantitative estimate of drug-likeness (QED) is 0.306. The summed E-state index contributed by atoms with van der Waals surface area (Å²) in [6.45, 7) is 0. The molecular weight excluding hydrogens is 327 g/mol. The first kappa shape index (κ1) is 20.2. The Bertz CT molecular complexity index is 690. The van der Waals surface area contributed by atoms with Gasteiger partial charge in [-0.2, -0.15) is 8.42 Å². The zero-order valence-corrected chi connectivity index (χ0v) is 10.7. The topological polar surface area (TPSA) is 129 Å². The molecule has 0 aromatic heterocycles. The predicted octanol–water partition coefficient (Wildman–Crippen LogP) is 0.362. The normalized spacial score (nSPS) is 12.4. The molecule has 0 spiro atoms. The molecule has 0 heterocycles. The van der Waals surface area contributed by atoms with Gasteiger partial charge in [-0.15, -0.1) is 0 Å². The van der Waals surface area contributed by atoms with Gasteiger partial charge in [0.2, 0.25) is 0 Å². The molecule has 21 heavy (non-hydrogen) atoms. The van der Waals surface area contributed by atoms with Gasteiger partial charge in [-0.3, -0.25) is 4.55 Å². The van der Waals surface area contributed by atoms with Gasteiger partial charge in [0.1, 0.15) is 4.91 Å². The van der Waals surface area contributed by atoms with E-state index in [2.05, 4.69) is 0 Å². The number of benzene rings is 1. The number of carboxylic acid groups (broad SMARTS) is 2. The van der Waals surface area contributed by atoms with E-state index in [4.69, 9.17) is 14.8 Å². The molecule has 9 heteroatoms. The van der Waals surface area contributed by atoms with Gasteiger partial charge in [0.25, 0.3) is 10.1 Å². The predicted molar refractivity (Wildman–Crippen MR) is 76.5 cm³/mol. The molecule has 3 N–H and O–H groups in total. The molecule has 0 amide bonds. The fourth-order valence-corrected chi connectivity index (χ4v) is 2.06. The average molecular weight is 338 g/mol. The third-order valence-corrected chi connectivity index (χ3v) is 3.03. The van der Waals surface area contributed by atoms with E-state index in [9.17, 15) is 18.0 Å². The number of hydrogen-bond donors (Lipinski definition) is 3. The molecule has 0 radical (unpaired) electrons. The standard InChI is InChI=1S/C12H10O7S.K.H/c13-11(14)7-9(12(15)16)10(20(17,18)19)6-8-4-2-1-3-5-8;;/h1-7H,(H,13,14)(H,15,16)(H,17,18,19);;/b9-7-,10-6?;;. The Labute approximate surface area is 163 Å². The first-order chi connectivity index (χ1) is 9.21. The number of carboxylic acids is 2. The summed E-state index contributed by atoms with van der Waals surface area (Å²) in [7, 11) is -4.90. The van der Waals surface area contributed by atoms with E-state index < -0.39 is 32.5 Å². The summed E-state index contributed by atoms with van der Waals surface area (Å²) in [6.07, 6.45) is 1.07. The fraction of sp³-hybridized carbons (Fsp3) is 0. The minimum absolute atomic E-state index is 0. The summed E-state index contributed by atoms with van der Waals surface area (Å²) < 4.78 is 31.6. The number of rotatable bonds is 5. The molecule has 0 aliphatic carbocycles. The molecule has 0 bridgehead atoms. The van der Waals surface area contributed by atoms with Crippen LogP contribution >= 0.6 is 0 Å². The zero-order chi connectivity index (χ0) is 15.3. The first-order valence-electron chi connectivity index (χ1n) is 5.14. The Morgan fingerprint density at radius 1 is 1.05 bits per heavy atom. The van der Waals surface area contributed by atoms with Crippen molar-refractivity contribution in [1.82, 2.24) is 0 Å². The van der Waals surface area contributed by atoms with E-state index in [-0.39, 0.29) is 63.0 Å². The van der Waals surface area contributed by atoms with Crippen LogP contribution in [-0.4, -0.2) is 86.5 Å². The van der Waals surface area contributed by atoms with Crippen molar-refractivity contribution in [2.75, 3.05) is 0 Å². The zero-order valence-electron chi connectivity index (χ0n) is 9.92. The van der Waals surface area contributed by atoms with E-state index in [0.29, 0.717) is 0 Å². The molecule has 1 aromatic carbocycles. The molecule has 108 valence electrons. The molecule has 7 nitrogen and oxygen atoms in total. The molecule has 0 unspecified atom stereocenters. The van der Waals surface area contributed by atoms with Crippen molar-refractivity contribution in [3.05, 3.63) is 52.4 Å². The molecule has 0 fully saturated rings. The van der Waals surface area contributed by atoms with Gasteiger partial charge in [0.05, 0.1) is 5.57 Å². The van der Waals surface area contributed by atoms with Crippen molar-refractivity contribution >= 4 is 79.5 Å². The van der Waals surface area contributed by atoms with Gasteiger partial charge in [-0.1, -0.05) is 30.3 Å². The third kappa shape index (κ3) is 6.65. The van der Waals surface area contributed by atoms with Crippen LogP contribution in [0.1, 0.15) is 5.56 Å². The average Bonchev–Trinajstić information content (AvgIpc) is 2.33. The van der Waals surface area contributed by atoms with Crippen LogP contribution in [0, 0.1) is 0 Å². The second-order valence-corrected chi connectivity index (χ2v) is 4.99. The van der Waals surface area contributed by atoms with Crippen molar-refractivity contribution in [3.63, 3.8) is 0 Å². The first-order valence-corrected chi connectivity index (χ1v) is 6.58. The van der Waals surface area contributed by atoms with Crippen LogP contribution in [-0.2, 0) is 19.7 Å². The van der Waals surface area contributed by atoms with E-state index in [0.717, 1.165) is 6.08 Å². The van der Waals surface area contributed by atoms with Crippen LogP contribution in [0.2, 0.25) is 0 Å². The molecule has 0 aliphatic rings. The van der Waals surface area contributed by atoms with Gasteiger partial charge in [-0.05, 0) is 11.6 Å². The van der Waals surface area contributed by atoms with Crippen LogP contribution in [0.3, 0.4) is 0 Å². The monoisotopic (exact) mass is 338 g/mol. The Hall–Kier alpha value is -0.814. The maximum atomic E-state index is 11.3.